The first-order valence-electron chi connectivity index (χ1n) is 3.21. The molecule has 2 nitrogen and oxygen atoms in total. The minimum absolute atomic E-state index is 0.0474. The van der Waals surface area contributed by atoms with Gasteiger partial charge in [0.1, 0.15) is 0 Å². The van der Waals surface area contributed by atoms with Crippen molar-refractivity contribution in [2.45, 2.75) is 13.0 Å². The van der Waals surface area contributed by atoms with Crippen LogP contribution in [0.2, 0.25) is 0 Å². The van der Waals surface area contributed by atoms with Crippen LogP contribution in [0.1, 0.15) is 18.7 Å². The molecule has 72 valence electrons. The Balaban J connectivity index is 0.000000354. The summed E-state index contributed by atoms with van der Waals surface area (Å²) in [5, 5.41) is 0. The van der Waals surface area contributed by atoms with E-state index >= 15 is 0 Å². The second kappa shape index (κ2) is 8.00. The molecule has 0 amide bonds. The molecule has 0 saturated carbocycles. The van der Waals surface area contributed by atoms with Gasteiger partial charge in [0, 0.05) is 12.2 Å². The molecule has 0 aliphatic rings. The van der Waals surface area contributed by atoms with Crippen molar-refractivity contribution >= 4 is 18.8 Å². The van der Waals surface area contributed by atoms with Crippen molar-refractivity contribution in [1.82, 2.24) is 4.98 Å². The van der Waals surface area contributed by atoms with Crippen LogP contribution in [-0.4, -0.2) is 4.98 Å². The Bertz CT molecular complexity index is 194. The van der Waals surface area contributed by atoms with Crippen molar-refractivity contribution < 1.29 is 16.5 Å². The zero-order chi connectivity index (χ0) is 9.40. The second-order valence-electron chi connectivity index (χ2n) is 2.09. The van der Waals surface area contributed by atoms with Crippen LogP contribution in [0.25, 0.3) is 0 Å². The third-order valence-corrected chi connectivity index (χ3v) is 1.15. The molecule has 1 aromatic heterocycles. The Morgan fingerprint density at radius 3 is 2.33 bits per heavy atom. The average Bonchev–Trinajstić information content (AvgIpc) is 2.07. The van der Waals surface area contributed by atoms with Crippen LogP contribution in [0.3, 0.4) is 0 Å². The fraction of sp³-hybridized carbons (Fsp3) is 0.286. The Labute approximate surface area is 88.9 Å². The molecule has 1 aromatic rings. The number of nitrogens with two attached hydrogens (primary N) is 1. The predicted molar refractivity (Wildman–Crippen MR) is 48.5 cm³/mol. The molecule has 1 atom stereocenters. The van der Waals surface area contributed by atoms with Gasteiger partial charge in [0.25, 0.3) is 0 Å². The summed E-state index contributed by atoms with van der Waals surface area (Å²) in [6, 6.07) is 5.79. The van der Waals surface area contributed by atoms with Crippen molar-refractivity contribution in [2.75, 3.05) is 0 Å². The third kappa shape index (κ3) is 5.96. The molecule has 0 spiro atoms. The van der Waals surface area contributed by atoms with Gasteiger partial charge in [0.2, 0.25) is 0 Å². The Hall–Kier alpha value is 0.378. The summed E-state index contributed by atoms with van der Waals surface area (Å²) in [4.78, 5) is 4.05. The van der Waals surface area contributed by atoms with E-state index in [0.29, 0.717) is 0 Å². The van der Waals surface area contributed by atoms with Crippen LogP contribution in [0, 0.1) is 0 Å². The van der Waals surface area contributed by atoms with Gasteiger partial charge in [-0.3, -0.25) is 4.98 Å². The van der Waals surface area contributed by atoms with E-state index in [2.05, 4.69) is 4.98 Å². The molecule has 0 aromatic carbocycles. The zero-order valence-corrected chi connectivity index (χ0v) is 10.3. The van der Waals surface area contributed by atoms with Crippen LogP contribution in [0.15, 0.2) is 24.4 Å². The van der Waals surface area contributed by atoms with Crippen molar-refractivity contribution in [2.24, 2.45) is 5.73 Å². The van der Waals surface area contributed by atoms with Gasteiger partial charge in [-0.1, -0.05) is 6.07 Å². The third-order valence-electron chi connectivity index (χ3n) is 1.15. The van der Waals surface area contributed by atoms with Crippen LogP contribution in [0.4, 0.5) is 0 Å². The van der Waals surface area contributed by atoms with Gasteiger partial charge in [-0.05, 0) is 19.1 Å². The SMILES string of the molecule is CC(N)c1ccccn1.[Cl][Pt][Cl]. The fourth-order valence-corrected chi connectivity index (χ4v) is 0.645. The summed E-state index contributed by atoms with van der Waals surface area (Å²) >= 11 is -0.472. The number of hydrogen-bond donors (Lipinski definition) is 1. The molecule has 1 heterocycles. The van der Waals surface area contributed by atoms with E-state index in [1.807, 2.05) is 25.1 Å². The van der Waals surface area contributed by atoms with Gasteiger partial charge in [-0.15, -0.1) is 0 Å². The summed E-state index contributed by atoms with van der Waals surface area (Å²) in [6.45, 7) is 1.92. The summed E-state index contributed by atoms with van der Waals surface area (Å²) in [6.07, 6.45) is 1.75. The molecule has 0 aliphatic carbocycles. The number of nitrogens with zero attached hydrogens (tertiary/aromatic N) is 1. The molecule has 0 radical (unpaired) electrons. The quantitative estimate of drug-likeness (QED) is 0.803. The van der Waals surface area contributed by atoms with Crippen molar-refractivity contribution in [1.29, 1.82) is 0 Å². The van der Waals surface area contributed by atoms with Gasteiger partial charge in [-0.2, -0.15) is 0 Å². The van der Waals surface area contributed by atoms with Crippen LogP contribution >= 0.6 is 18.8 Å². The summed E-state index contributed by atoms with van der Waals surface area (Å²) in [5.41, 5.74) is 6.49. The molecular weight excluding hydrogens is 378 g/mol. The number of aromatic nitrogens is 1. The number of pyridine rings is 1. The summed E-state index contributed by atoms with van der Waals surface area (Å²) in [7, 11) is 9.75. The van der Waals surface area contributed by atoms with E-state index in [9.17, 15) is 0 Å². The maximum atomic E-state index is 5.55. The van der Waals surface area contributed by atoms with Gasteiger partial charge in [-0.25, -0.2) is 0 Å². The molecular formula is C7H10Cl2N2Pt. The Morgan fingerprint density at radius 2 is 2.08 bits per heavy atom. The van der Waals surface area contributed by atoms with E-state index < -0.39 is 16.5 Å². The van der Waals surface area contributed by atoms with Crippen molar-refractivity contribution in [3.8, 4) is 0 Å². The van der Waals surface area contributed by atoms with Crippen LogP contribution in [0.5, 0.6) is 0 Å². The van der Waals surface area contributed by atoms with Crippen molar-refractivity contribution in [3.63, 3.8) is 0 Å². The molecule has 1 rings (SSSR count). The van der Waals surface area contributed by atoms with Gasteiger partial charge in [0.15, 0.2) is 0 Å². The number of rotatable bonds is 1. The summed E-state index contributed by atoms with van der Waals surface area (Å²) in [5.74, 6) is 0. The molecule has 2 N–H and O–H groups in total. The molecule has 0 fully saturated rings. The molecule has 0 saturated heterocycles. The summed E-state index contributed by atoms with van der Waals surface area (Å²) < 4.78 is 0. The van der Waals surface area contributed by atoms with Crippen LogP contribution < -0.4 is 5.73 Å². The monoisotopic (exact) mass is 387 g/mol. The number of halogens is 2. The standard InChI is InChI=1S/C7H10N2.2ClH.Pt/c1-6(8)7-4-2-3-5-9-7;;;/h2-6H,8H2,1H3;2*1H;/q;;;+2/p-2. The second-order valence-corrected chi connectivity index (χ2v) is 5.37. The van der Waals surface area contributed by atoms with Gasteiger partial charge in [0.05, 0.1) is 5.69 Å². The first kappa shape index (κ1) is 12.4. The van der Waals surface area contributed by atoms with E-state index in [1.54, 1.807) is 6.20 Å². The van der Waals surface area contributed by atoms with Crippen molar-refractivity contribution in [3.05, 3.63) is 30.1 Å². The fourth-order valence-electron chi connectivity index (χ4n) is 0.645. The predicted octanol–water partition coefficient (Wildman–Crippen LogP) is 2.48. The first-order chi connectivity index (χ1) is 5.72. The Morgan fingerprint density at radius 1 is 1.50 bits per heavy atom. The average molecular weight is 388 g/mol. The minimum atomic E-state index is -0.472. The normalized spacial score (nSPS) is 11.7. The van der Waals surface area contributed by atoms with E-state index in [0.717, 1.165) is 5.69 Å². The molecule has 0 aliphatic heterocycles. The maximum absolute atomic E-state index is 5.55. The molecule has 1 unspecified atom stereocenters. The zero-order valence-electron chi connectivity index (χ0n) is 6.48. The Kier molecular flexibility index (Phi) is 8.25. The first-order valence-corrected chi connectivity index (χ1v) is 8.84. The molecule has 0 bridgehead atoms. The molecule has 5 heteroatoms. The van der Waals surface area contributed by atoms with E-state index in [4.69, 9.17) is 24.6 Å². The van der Waals surface area contributed by atoms with E-state index in [-0.39, 0.29) is 6.04 Å². The van der Waals surface area contributed by atoms with Gasteiger partial charge < -0.3 is 5.73 Å². The molecule has 12 heavy (non-hydrogen) atoms. The van der Waals surface area contributed by atoms with Crippen LogP contribution in [-0.2, 0) is 16.5 Å². The van der Waals surface area contributed by atoms with Gasteiger partial charge >= 0.3 is 35.3 Å². The topological polar surface area (TPSA) is 38.9 Å². The number of hydrogen-bond acceptors (Lipinski definition) is 2. The van der Waals surface area contributed by atoms with E-state index in [1.165, 1.54) is 0 Å².